The molecule has 1 fully saturated rings. The lowest BCUT2D eigenvalue weighted by molar-refractivity contribution is 0.0955. The Balaban J connectivity index is 1.50. The summed E-state index contributed by atoms with van der Waals surface area (Å²) in [6, 6.07) is 15.5. The zero-order chi connectivity index (χ0) is 20.1. The fourth-order valence-electron chi connectivity index (χ4n) is 3.21. The number of anilines is 1. The Morgan fingerprint density at radius 1 is 1.07 bits per heavy atom. The van der Waals surface area contributed by atoms with Crippen molar-refractivity contribution in [2.75, 3.05) is 43.4 Å². The first kappa shape index (κ1) is 21.1. The van der Waals surface area contributed by atoms with Crippen LogP contribution in [0.2, 0.25) is 0 Å². The Labute approximate surface area is 180 Å². The Morgan fingerprint density at radius 3 is 2.46 bits per heavy atom. The Hall–Kier alpha value is -1.65. The molecule has 28 heavy (non-hydrogen) atoms. The largest absolute Gasteiger partial charge is 0.369 e. The Morgan fingerprint density at radius 2 is 1.79 bits per heavy atom. The first-order valence-electron chi connectivity index (χ1n) is 9.19. The maximum Gasteiger partial charge on any atom is 0.252 e. The lowest BCUT2D eigenvalue weighted by atomic mass is 10.2. The quantitative estimate of drug-likeness (QED) is 0.603. The van der Waals surface area contributed by atoms with Gasteiger partial charge in [-0.15, -0.1) is 0 Å². The van der Waals surface area contributed by atoms with Gasteiger partial charge in [0.05, 0.1) is 11.3 Å². The third-order valence-electron chi connectivity index (χ3n) is 4.76. The van der Waals surface area contributed by atoms with Crippen molar-refractivity contribution in [2.24, 2.45) is 0 Å². The minimum Gasteiger partial charge on any atom is -0.369 e. The molecule has 1 heterocycles. The third-order valence-corrected chi connectivity index (χ3v) is 7.58. The van der Waals surface area contributed by atoms with Crippen LogP contribution < -0.4 is 10.2 Å². The highest BCUT2D eigenvalue weighted by molar-refractivity contribution is 14.1. The van der Waals surface area contributed by atoms with Crippen LogP contribution in [0.15, 0.2) is 48.5 Å². The number of amides is 1. The molecule has 1 aliphatic rings. The highest BCUT2D eigenvalue weighted by atomic mass is 127. The molecule has 0 aromatic heterocycles. The van der Waals surface area contributed by atoms with Gasteiger partial charge in [0.15, 0.2) is 0 Å². The topological polar surface area (TPSA) is 69.7 Å². The Kier molecular flexibility index (Phi) is 6.95. The van der Waals surface area contributed by atoms with Crippen LogP contribution in [-0.4, -0.2) is 57.1 Å². The molecule has 0 spiro atoms. The second-order valence-corrected chi connectivity index (χ2v) is 10.0. The molecule has 1 aliphatic heterocycles. The molecule has 1 saturated heterocycles. The van der Waals surface area contributed by atoms with Gasteiger partial charge in [0.25, 0.3) is 5.91 Å². The number of carbonyl (C=O) groups excluding carboxylic acids is 1. The van der Waals surface area contributed by atoms with Crippen LogP contribution in [0.5, 0.6) is 0 Å². The van der Waals surface area contributed by atoms with Gasteiger partial charge in [-0.25, -0.2) is 8.42 Å². The van der Waals surface area contributed by atoms with Crippen molar-refractivity contribution in [3.63, 3.8) is 0 Å². The number of hydrogen-bond acceptors (Lipinski definition) is 4. The summed E-state index contributed by atoms with van der Waals surface area (Å²) >= 11 is 2.10. The number of nitrogens with zero attached hydrogens (tertiary/aromatic N) is 2. The van der Waals surface area contributed by atoms with Crippen LogP contribution in [0, 0.1) is 10.5 Å². The van der Waals surface area contributed by atoms with E-state index in [9.17, 15) is 13.2 Å². The SMILES string of the molecule is Cc1cccc(N2CCN(S(=O)(=O)CCNC(=O)c3ccccc3I)CC2)c1. The van der Waals surface area contributed by atoms with E-state index in [-0.39, 0.29) is 18.2 Å². The van der Waals surface area contributed by atoms with E-state index in [4.69, 9.17) is 0 Å². The molecular formula is C20H24IN3O3S. The number of hydrogen-bond donors (Lipinski definition) is 1. The second-order valence-electron chi connectivity index (χ2n) is 6.78. The van der Waals surface area contributed by atoms with Crippen LogP contribution in [0.25, 0.3) is 0 Å². The summed E-state index contributed by atoms with van der Waals surface area (Å²) in [6.45, 7) is 4.40. The number of carbonyl (C=O) groups is 1. The van der Waals surface area contributed by atoms with E-state index in [1.165, 1.54) is 9.87 Å². The molecule has 1 amide bonds. The van der Waals surface area contributed by atoms with Gasteiger partial charge in [0, 0.05) is 42.0 Å². The highest BCUT2D eigenvalue weighted by Crippen LogP contribution is 2.19. The molecule has 3 rings (SSSR count). The molecule has 0 aliphatic carbocycles. The standard InChI is InChI=1S/C20H24IN3O3S/c1-16-5-4-6-17(15-16)23-10-12-24(13-11-23)28(26,27)14-9-22-20(25)18-7-2-3-8-19(18)21/h2-8,15H,9-14H2,1H3,(H,22,25). The number of aryl methyl sites for hydroxylation is 1. The number of sulfonamides is 1. The van der Waals surface area contributed by atoms with Crippen LogP contribution in [-0.2, 0) is 10.0 Å². The number of nitrogens with one attached hydrogen (secondary N) is 1. The van der Waals surface area contributed by atoms with Gasteiger partial charge < -0.3 is 10.2 Å². The molecule has 0 saturated carbocycles. The van der Waals surface area contributed by atoms with Crippen molar-refractivity contribution >= 4 is 44.2 Å². The van der Waals surface area contributed by atoms with E-state index in [2.05, 4.69) is 57.9 Å². The molecule has 0 bridgehead atoms. The van der Waals surface area contributed by atoms with Gasteiger partial charge in [0.1, 0.15) is 0 Å². The van der Waals surface area contributed by atoms with Crippen molar-refractivity contribution < 1.29 is 13.2 Å². The second kappa shape index (κ2) is 9.23. The van der Waals surface area contributed by atoms with E-state index in [1.54, 1.807) is 12.1 Å². The molecular weight excluding hydrogens is 489 g/mol. The van der Waals surface area contributed by atoms with E-state index < -0.39 is 10.0 Å². The maximum absolute atomic E-state index is 12.6. The molecule has 2 aromatic rings. The van der Waals surface area contributed by atoms with Gasteiger partial charge in [-0.1, -0.05) is 24.3 Å². The smallest absolute Gasteiger partial charge is 0.252 e. The summed E-state index contributed by atoms with van der Waals surface area (Å²) in [5, 5.41) is 2.72. The highest BCUT2D eigenvalue weighted by Gasteiger charge is 2.27. The minimum absolute atomic E-state index is 0.0907. The molecule has 1 N–H and O–H groups in total. The normalized spacial score (nSPS) is 15.4. The molecule has 2 aromatic carbocycles. The van der Waals surface area contributed by atoms with Crippen LogP contribution in [0.4, 0.5) is 5.69 Å². The van der Waals surface area contributed by atoms with Crippen molar-refractivity contribution in [1.82, 2.24) is 9.62 Å². The number of rotatable bonds is 6. The summed E-state index contributed by atoms with van der Waals surface area (Å²) in [4.78, 5) is 14.4. The zero-order valence-electron chi connectivity index (χ0n) is 15.8. The molecule has 150 valence electrons. The summed E-state index contributed by atoms with van der Waals surface area (Å²) in [5.74, 6) is -0.337. The lowest BCUT2D eigenvalue weighted by Crippen LogP contribution is -2.50. The van der Waals surface area contributed by atoms with Crippen LogP contribution >= 0.6 is 22.6 Å². The van der Waals surface area contributed by atoms with Gasteiger partial charge in [-0.05, 0) is 59.3 Å². The molecule has 0 atom stereocenters. The summed E-state index contributed by atoms with van der Waals surface area (Å²) in [7, 11) is -3.40. The zero-order valence-corrected chi connectivity index (χ0v) is 18.7. The predicted octanol–water partition coefficient (Wildman–Crippen LogP) is 2.48. The van der Waals surface area contributed by atoms with Gasteiger partial charge in [-0.2, -0.15) is 4.31 Å². The van der Waals surface area contributed by atoms with E-state index in [1.807, 2.05) is 18.2 Å². The summed E-state index contributed by atoms with van der Waals surface area (Å²) in [6.07, 6.45) is 0. The molecule has 6 nitrogen and oxygen atoms in total. The average Bonchev–Trinajstić information content (AvgIpc) is 2.68. The van der Waals surface area contributed by atoms with Crippen molar-refractivity contribution in [3.8, 4) is 0 Å². The summed E-state index contributed by atoms with van der Waals surface area (Å²) in [5.41, 5.74) is 2.88. The first-order valence-corrected chi connectivity index (χ1v) is 11.9. The van der Waals surface area contributed by atoms with Gasteiger partial charge in [-0.3, -0.25) is 4.79 Å². The third kappa shape index (κ3) is 5.24. The van der Waals surface area contributed by atoms with E-state index in [0.717, 1.165) is 9.26 Å². The predicted molar refractivity (Wildman–Crippen MR) is 120 cm³/mol. The number of benzene rings is 2. The van der Waals surface area contributed by atoms with Crippen molar-refractivity contribution in [3.05, 3.63) is 63.2 Å². The lowest BCUT2D eigenvalue weighted by Gasteiger charge is -2.35. The van der Waals surface area contributed by atoms with Crippen molar-refractivity contribution in [2.45, 2.75) is 6.92 Å². The monoisotopic (exact) mass is 513 g/mol. The van der Waals surface area contributed by atoms with Crippen LogP contribution in [0.3, 0.4) is 0 Å². The average molecular weight is 513 g/mol. The molecule has 8 heteroatoms. The summed E-state index contributed by atoms with van der Waals surface area (Å²) < 4.78 is 27.6. The first-order chi connectivity index (χ1) is 13.4. The van der Waals surface area contributed by atoms with Gasteiger partial charge >= 0.3 is 0 Å². The van der Waals surface area contributed by atoms with Crippen LogP contribution in [0.1, 0.15) is 15.9 Å². The van der Waals surface area contributed by atoms with Crippen molar-refractivity contribution in [1.29, 1.82) is 0 Å². The fourth-order valence-corrected chi connectivity index (χ4v) is 5.18. The number of piperazine rings is 1. The maximum atomic E-state index is 12.6. The number of halogens is 1. The molecule has 0 unspecified atom stereocenters. The minimum atomic E-state index is -3.40. The fraction of sp³-hybridized carbons (Fsp3) is 0.350. The molecule has 0 radical (unpaired) electrons. The van der Waals surface area contributed by atoms with E-state index >= 15 is 0 Å². The van der Waals surface area contributed by atoms with Gasteiger partial charge in [0.2, 0.25) is 10.0 Å². The van der Waals surface area contributed by atoms with E-state index in [0.29, 0.717) is 31.7 Å². The Bertz CT molecular complexity index is 941.